The van der Waals surface area contributed by atoms with Gasteiger partial charge in [0.05, 0.1) is 5.69 Å². The molecule has 0 aliphatic carbocycles. The van der Waals surface area contributed by atoms with Crippen LogP contribution in [-0.4, -0.2) is 45.8 Å². The van der Waals surface area contributed by atoms with Crippen LogP contribution >= 0.6 is 0 Å². The molecule has 3 aromatic rings. The first-order valence-electron chi connectivity index (χ1n) is 9.31. The van der Waals surface area contributed by atoms with E-state index < -0.39 is 0 Å². The van der Waals surface area contributed by atoms with Crippen molar-refractivity contribution >= 4 is 5.82 Å². The van der Waals surface area contributed by atoms with Crippen LogP contribution in [0.2, 0.25) is 0 Å². The molecule has 0 spiro atoms. The fourth-order valence-electron chi connectivity index (χ4n) is 3.38. The van der Waals surface area contributed by atoms with Gasteiger partial charge in [0.2, 0.25) is 0 Å². The van der Waals surface area contributed by atoms with Gasteiger partial charge in [0.15, 0.2) is 5.82 Å². The van der Waals surface area contributed by atoms with Gasteiger partial charge in [-0.3, -0.25) is 9.69 Å². The summed E-state index contributed by atoms with van der Waals surface area (Å²) in [6, 6.07) is 13.9. The molecule has 1 fully saturated rings. The minimum atomic E-state index is -0.282. The molecule has 7 heteroatoms. The van der Waals surface area contributed by atoms with E-state index in [1.807, 2.05) is 30.5 Å². The highest BCUT2D eigenvalue weighted by Crippen LogP contribution is 2.20. The number of aryl methyl sites for hydroxylation is 1. The second kappa shape index (κ2) is 7.90. The summed E-state index contributed by atoms with van der Waals surface area (Å²) >= 11 is 0. The van der Waals surface area contributed by atoms with Crippen molar-refractivity contribution in [2.45, 2.75) is 6.54 Å². The van der Waals surface area contributed by atoms with Gasteiger partial charge < -0.3 is 9.47 Å². The molecule has 1 aliphatic heterocycles. The first-order valence-corrected chi connectivity index (χ1v) is 9.31. The van der Waals surface area contributed by atoms with E-state index in [1.54, 1.807) is 23.7 Å². The predicted molar refractivity (Wildman–Crippen MR) is 107 cm³/mol. The summed E-state index contributed by atoms with van der Waals surface area (Å²) in [5.74, 6) is 0.546. The Morgan fingerprint density at radius 1 is 1.00 bits per heavy atom. The van der Waals surface area contributed by atoms with Gasteiger partial charge in [0.1, 0.15) is 5.82 Å². The van der Waals surface area contributed by atoms with Crippen molar-refractivity contribution in [3.63, 3.8) is 0 Å². The Morgan fingerprint density at radius 3 is 2.50 bits per heavy atom. The molecule has 3 heterocycles. The van der Waals surface area contributed by atoms with Crippen LogP contribution in [0.1, 0.15) is 5.56 Å². The molecule has 6 nitrogen and oxygen atoms in total. The van der Waals surface area contributed by atoms with Gasteiger partial charge in [-0.05, 0) is 35.9 Å². The summed E-state index contributed by atoms with van der Waals surface area (Å²) in [5, 5.41) is 8.59. The second-order valence-electron chi connectivity index (χ2n) is 7.03. The molecule has 0 unspecified atom stereocenters. The summed E-state index contributed by atoms with van der Waals surface area (Å²) in [6.45, 7) is 4.25. The Morgan fingerprint density at radius 2 is 1.82 bits per heavy atom. The van der Waals surface area contributed by atoms with E-state index >= 15 is 0 Å². The lowest BCUT2D eigenvalue weighted by molar-refractivity contribution is 0.249. The Balaban J connectivity index is 1.37. The topological polar surface area (TPSA) is 54.3 Å². The van der Waals surface area contributed by atoms with Crippen LogP contribution in [0.25, 0.3) is 11.3 Å². The molecule has 1 saturated heterocycles. The molecule has 0 radical (unpaired) electrons. The number of benzene rings is 1. The first kappa shape index (κ1) is 18.3. The molecule has 1 aliphatic rings. The largest absolute Gasteiger partial charge is 0.353 e. The number of hydrogen-bond acceptors (Lipinski definition) is 5. The molecular formula is C21H22FN5O. The van der Waals surface area contributed by atoms with Gasteiger partial charge in [0.25, 0.3) is 5.56 Å². The van der Waals surface area contributed by atoms with Crippen LogP contribution in [0.4, 0.5) is 10.2 Å². The number of halogens is 1. The number of rotatable bonds is 4. The van der Waals surface area contributed by atoms with E-state index in [2.05, 4.69) is 20.0 Å². The predicted octanol–water partition coefficient (Wildman–Crippen LogP) is 2.30. The number of pyridine rings is 1. The van der Waals surface area contributed by atoms with Gasteiger partial charge >= 0.3 is 0 Å². The third-order valence-corrected chi connectivity index (χ3v) is 5.04. The Hall–Kier alpha value is -3.06. The first-order chi connectivity index (χ1) is 13.6. The van der Waals surface area contributed by atoms with Crippen molar-refractivity contribution in [2.75, 3.05) is 31.1 Å². The van der Waals surface area contributed by atoms with Gasteiger partial charge in [-0.2, -0.15) is 0 Å². The standard InChI is InChI=1S/C21H22FN5O/c1-25-8-7-16(13-21(25)28)15-26-9-11-27(12-10-26)20-6-5-19(23-24-20)17-3-2-4-18(22)14-17/h2-8,13-14H,9-12,15H2,1H3. The van der Waals surface area contributed by atoms with Crippen molar-refractivity contribution in [3.05, 3.63) is 76.5 Å². The van der Waals surface area contributed by atoms with E-state index in [4.69, 9.17) is 0 Å². The van der Waals surface area contributed by atoms with Crippen molar-refractivity contribution < 1.29 is 4.39 Å². The van der Waals surface area contributed by atoms with Gasteiger partial charge in [-0.15, -0.1) is 10.2 Å². The lowest BCUT2D eigenvalue weighted by atomic mass is 10.1. The minimum Gasteiger partial charge on any atom is -0.353 e. The Kier molecular flexibility index (Phi) is 5.16. The van der Waals surface area contributed by atoms with E-state index in [9.17, 15) is 9.18 Å². The van der Waals surface area contributed by atoms with Crippen LogP contribution in [0.15, 0.2) is 59.5 Å². The van der Waals surface area contributed by atoms with Crippen LogP contribution < -0.4 is 10.5 Å². The molecule has 1 aromatic carbocycles. The number of hydrogen-bond donors (Lipinski definition) is 0. The highest BCUT2D eigenvalue weighted by atomic mass is 19.1. The lowest BCUT2D eigenvalue weighted by Crippen LogP contribution is -2.46. The second-order valence-corrected chi connectivity index (χ2v) is 7.03. The number of piperazine rings is 1. The summed E-state index contributed by atoms with van der Waals surface area (Å²) in [4.78, 5) is 16.3. The van der Waals surface area contributed by atoms with Crippen molar-refractivity contribution in [3.8, 4) is 11.3 Å². The molecule has 4 rings (SSSR count). The molecule has 0 saturated carbocycles. The van der Waals surface area contributed by atoms with E-state index in [0.29, 0.717) is 5.69 Å². The zero-order valence-corrected chi connectivity index (χ0v) is 15.8. The fraction of sp³-hybridized carbons (Fsp3) is 0.286. The molecular weight excluding hydrogens is 357 g/mol. The number of anilines is 1. The molecule has 144 valence electrons. The minimum absolute atomic E-state index is 0.0183. The third-order valence-electron chi connectivity index (χ3n) is 5.04. The van der Waals surface area contributed by atoms with Gasteiger partial charge in [-0.25, -0.2) is 4.39 Å². The average Bonchev–Trinajstić information content (AvgIpc) is 2.72. The van der Waals surface area contributed by atoms with Crippen LogP contribution in [0, 0.1) is 5.82 Å². The van der Waals surface area contributed by atoms with Gasteiger partial charge in [-0.1, -0.05) is 12.1 Å². The molecule has 28 heavy (non-hydrogen) atoms. The van der Waals surface area contributed by atoms with Crippen molar-refractivity contribution in [1.82, 2.24) is 19.7 Å². The van der Waals surface area contributed by atoms with Crippen molar-refractivity contribution in [1.29, 1.82) is 0 Å². The molecule has 0 N–H and O–H groups in total. The monoisotopic (exact) mass is 379 g/mol. The van der Waals surface area contributed by atoms with Crippen LogP contribution in [-0.2, 0) is 13.6 Å². The van der Waals surface area contributed by atoms with Crippen molar-refractivity contribution in [2.24, 2.45) is 7.05 Å². The number of aromatic nitrogens is 3. The zero-order chi connectivity index (χ0) is 19.5. The highest BCUT2D eigenvalue weighted by Gasteiger charge is 2.18. The maximum atomic E-state index is 13.4. The van der Waals surface area contributed by atoms with E-state index in [-0.39, 0.29) is 11.4 Å². The quantitative estimate of drug-likeness (QED) is 0.696. The van der Waals surface area contributed by atoms with E-state index in [0.717, 1.165) is 49.7 Å². The zero-order valence-electron chi connectivity index (χ0n) is 15.8. The summed E-state index contributed by atoms with van der Waals surface area (Å²) in [6.07, 6.45) is 1.81. The van der Waals surface area contributed by atoms with Crippen LogP contribution in [0.5, 0.6) is 0 Å². The third kappa shape index (κ3) is 4.09. The average molecular weight is 379 g/mol. The van der Waals surface area contributed by atoms with Gasteiger partial charge in [0, 0.05) is 57.6 Å². The summed E-state index contributed by atoms with van der Waals surface area (Å²) < 4.78 is 15.0. The normalized spacial score (nSPS) is 15.0. The maximum absolute atomic E-state index is 13.4. The molecule has 0 amide bonds. The summed E-state index contributed by atoms with van der Waals surface area (Å²) in [5.41, 5.74) is 2.44. The number of nitrogens with zero attached hydrogens (tertiary/aromatic N) is 5. The van der Waals surface area contributed by atoms with E-state index in [1.165, 1.54) is 12.1 Å². The fourth-order valence-corrected chi connectivity index (χ4v) is 3.38. The van der Waals surface area contributed by atoms with Crippen LogP contribution in [0.3, 0.4) is 0 Å². The maximum Gasteiger partial charge on any atom is 0.250 e. The summed E-state index contributed by atoms with van der Waals surface area (Å²) in [7, 11) is 1.76. The molecule has 0 atom stereocenters. The Labute approximate surface area is 162 Å². The Bertz CT molecular complexity index is 1010. The molecule has 0 bridgehead atoms. The molecule has 2 aromatic heterocycles. The lowest BCUT2D eigenvalue weighted by Gasteiger charge is -2.35. The SMILES string of the molecule is Cn1ccc(CN2CCN(c3ccc(-c4cccc(F)c4)nn3)CC2)cc1=O. The highest BCUT2D eigenvalue weighted by molar-refractivity contribution is 5.59. The smallest absolute Gasteiger partial charge is 0.250 e.